The van der Waals surface area contributed by atoms with Crippen LogP contribution in [0.1, 0.15) is 33.1 Å². The molecule has 0 saturated heterocycles. The molecule has 0 amide bonds. The fourth-order valence-corrected chi connectivity index (χ4v) is 1.50. The van der Waals surface area contributed by atoms with Gasteiger partial charge in [-0.2, -0.15) is 0 Å². The van der Waals surface area contributed by atoms with Crippen LogP contribution in [0.3, 0.4) is 0 Å². The minimum absolute atomic E-state index is 0.126. The van der Waals surface area contributed by atoms with Crippen molar-refractivity contribution < 1.29 is 8.22 Å². The Morgan fingerprint density at radius 1 is 0.688 bits per heavy atom. The third-order valence-corrected chi connectivity index (χ3v) is 2.37. The minimum atomic E-state index is -2.53. The van der Waals surface area contributed by atoms with Crippen LogP contribution in [-0.4, -0.2) is 0 Å². The maximum Gasteiger partial charge on any atom is 0.0280 e. The molecular weight excluding hydrogens is 192 g/mol. The predicted octanol–water partition coefficient (Wildman–Crippen LogP) is 4.64. The molecule has 0 fully saturated rings. The van der Waals surface area contributed by atoms with E-state index in [1.165, 1.54) is 0 Å². The first-order valence-corrected chi connectivity index (χ1v) is 5.07. The molecular formula is C16H16. The second-order valence-electron chi connectivity index (χ2n) is 3.48. The molecule has 0 spiro atoms. The number of benzene rings is 2. The Balaban J connectivity index is 2.84. The Bertz CT molecular complexity index is 591. The molecule has 0 heterocycles. The molecule has 0 aliphatic heterocycles. The van der Waals surface area contributed by atoms with Crippen LogP contribution in [0.4, 0.5) is 0 Å². The van der Waals surface area contributed by atoms with Gasteiger partial charge in [-0.25, -0.2) is 0 Å². The van der Waals surface area contributed by atoms with Gasteiger partial charge in [0.2, 0.25) is 0 Å². The lowest BCUT2D eigenvalue weighted by Gasteiger charge is -2.08. The average Bonchev–Trinajstić information content (AvgIpc) is 2.44. The van der Waals surface area contributed by atoms with Crippen molar-refractivity contribution in [3.05, 3.63) is 71.8 Å². The van der Waals surface area contributed by atoms with E-state index in [-0.39, 0.29) is 11.1 Å². The molecule has 0 N–H and O–H groups in total. The summed E-state index contributed by atoms with van der Waals surface area (Å²) < 4.78 is 46.9. The zero-order valence-corrected chi connectivity index (χ0v) is 8.77. The first kappa shape index (κ1) is 5.49. The van der Waals surface area contributed by atoms with Gasteiger partial charge in [-0.1, -0.05) is 60.7 Å². The van der Waals surface area contributed by atoms with Crippen molar-refractivity contribution in [2.75, 3.05) is 0 Å². The van der Waals surface area contributed by atoms with Gasteiger partial charge in [-0.05, 0) is 36.0 Å². The van der Waals surface area contributed by atoms with Crippen LogP contribution in [-0.2, 0) is 0 Å². The molecule has 0 aliphatic carbocycles. The number of hydrogen-bond donors (Lipinski definition) is 0. The van der Waals surface area contributed by atoms with E-state index in [2.05, 4.69) is 0 Å². The first-order chi connectivity index (χ1) is 10.2. The van der Waals surface area contributed by atoms with Crippen LogP contribution in [0.25, 0.3) is 11.1 Å². The molecule has 0 atom stereocenters. The van der Waals surface area contributed by atoms with E-state index >= 15 is 0 Å². The van der Waals surface area contributed by atoms with Crippen molar-refractivity contribution in [3.63, 3.8) is 0 Å². The Hall–Kier alpha value is -1.82. The molecule has 0 heteroatoms. The van der Waals surface area contributed by atoms with E-state index < -0.39 is 13.7 Å². The van der Waals surface area contributed by atoms with Gasteiger partial charge < -0.3 is 0 Å². The second kappa shape index (κ2) is 4.80. The highest BCUT2D eigenvalue weighted by atomic mass is 14.1. The van der Waals surface area contributed by atoms with Gasteiger partial charge in [0, 0.05) is 8.22 Å². The van der Waals surface area contributed by atoms with Crippen LogP contribution in [0.15, 0.2) is 60.7 Å². The summed E-state index contributed by atoms with van der Waals surface area (Å²) in [6.45, 7) is -5.05. The topological polar surface area (TPSA) is 0 Å². The highest BCUT2D eigenvalue weighted by Crippen LogP contribution is 2.24. The van der Waals surface area contributed by atoms with Crippen molar-refractivity contribution in [3.8, 4) is 0 Å². The molecule has 0 radical (unpaired) electrons. The second-order valence-corrected chi connectivity index (χ2v) is 3.48. The number of rotatable bonds is 2. The SMILES string of the molecule is [2H]C([2H])([2H])/C(=C(/c1ccccc1)C([2H])([2H])[2H])c1ccccc1. The third-order valence-electron chi connectivity index (χ3n) is 2.37. The van der Waals surface area contributed by atoms with Crippen LogP contribution in [0.2, 0.25) is 0 Å². The standard InChI is InChI=1S/C16H16/c1-13(15-9-5-3-6-10-15)14(2)16-11-7-4-8-12-16/h3-12H,1-2H3/b14-13-/i1D3,2D3. The van der Waals surface area contributed by atoms with Gasteiger partial charge in [-0.15, -0.1) is 0 Å². The van der Waals surface area contributed by atoms with E-state index in [1.54, 1.807) is 60.7 Å². The Kier molecular flexibility index (Phi) is 1.65. The highest BCUT2D eigenvalue weighted by Gasteiger charge is 2.01. The monoisotopic (exact) mass is 214 g/mol. The number of hydrogen-bond acceptors (Lipinski definition) is 0. The van der Waals surface area contributed by atoms with Crippen molar-refractivity contribution in [1.82, 2.24) is 0 Å². The smallest absolute Gasteiger partial charge is 0.0280 e. The van der Waals surface area contributed by atoms with Crippen LogP contribution < -0.4 is 0 Å². The Labute approximate surface area is 106 Å². The lowest BCUT2D eigenvalue weighted by Crippen LogP contribution is -1.85. The van der Waals surface area contributed by atoms with Crippen LogP contribution in [0, 0.1) is 0 Å². The van der Waals surface area contributed by atoms with E-state index in [0.29, 0.717) is 11.1 Å². The summed E-state index contributed by atoms with van der Waals surface area (Å²) >= 11 is 0. The molecule has 80 valence electrons. The summed E-state index contributed by atoms with van der Waals surface area (Å²) in [7, 11) is 0. The summed E-state index contributed by atoms with van der Waals surface area (Å²) in [5, 5.41) is 0. The summed E-state index contributed by atoms with van der Waals surface area (Å²) in [6.07, 6.45) is 0. The van der Waals surface area contributed by atoms with E-state index in [0.717, 1.165) is 0 Å². The maximum atomic E-state index is 7.81. The lowest BCUT2D eigenvalue weighted by atomic mass is 9.97. The van der Waals surface area contributed by atoms with E-state index in [1.807, 2.05) is 0 Å². The third kappa shape index (κ3) is 2.22. The summed E-state index contributed by atoms with van der Waals surface area (Å²) in [4.78, 5) is 0. The first-order valence-electron chi connectivity index (χ1n) is 8.07. The van der Waals surface area contributed by atoms with Gasteiger partial charge in [0.1, 0.15) is 0 Å². The summed E-state index contributed by atoms with van der Waals surface area (Å²) in [5.41, 5.74) is 0.550. The van der Waals surface area contributed by atoms with E-state index in [4.69, 9.17) is 8.22 Å². The molecule has 16 heavy (non-hydrogen) atoms. The fourth-order valence-electron chi connectivity index (χ4n) is 1.50. The molecule has 0 unspecified atom stereocenters. The largest absolute Gasteiger partial charge is 0.0622 e. The van der Waals surface area contributed by atoms with Crippen LogP contribution in [0.5, 0.6) is 0 Å². The minimum Gasteiger partial charge on any atom is -0.0622 e. The van der Waals surface area contributed by atoms with Gasteiger partial charge in [0.25, 0.3) is 0 Å². The Morgan fingerprint density at radius 3 is 1.38 bits per heavy atom. The molecule has 0 nitrogen and oxygen atoms in total. The molecule has 0 aromatic heterocycles. The zero-order chi connectivity index (χ0) is 16.4. The summed E-state index contributed by atoms with van der Waals surface area (Å²) in [6, 6.07) is 16.8. The molecule has 0 aliphatic rings. The predicted molar refractivity (Wildman–Crippen MR) is 71.0 cm³/mol. The molecule has 0 saturated carbocycles. The molecule has 2 aromatic carbocycles. The van der Waals surface area contributed by atoms with E-state index in [9.17, 15) is 0 Å². The normalized spacial score (nSPS) is 19.2. The van der Waals surface area contributed by atoms with Crippen molar-refractivity contribution in [2.24, 2.45) is 0 Å². The number of allylic oxidation sites excluding steroid dienone is 2. The van der Waals surface area contributed by atoms with Crippen molar-refractivity contribution >= 4 is 11.1 Å². The van der Waals surface area contributed by atoms with Crippen LogP contribution >= 0.6 is 0 Å². The fraction of sp³-hybridized carbons (Fsp3) is 0.125. The van der Waals surface area contributed by atoms with Gasteiger partial charge in [0.15, 0.2) is 0 Å². The lowest BCUT2D eigenvalue weighted by molar-refractivity contribution is 1.51. The van der Waals surface area contributed by atoms with Gasteiger partial charge in [-0.3, -0.25) is 0 Å². The summed E-state index contributed by atoms with van der Waals surface area (Å²) in [5.74, 6) is 0. The zero-order valence-electron chi connectivity index (χ0n) is 14.8. The molecule has 2 aromatic rings. The van der Waals surface area contributed by atoms with Crippen molar-refractivity contribution in [2.45, 2.75) is 13.7 Å². The molecule has 2 rings (SSSR count). The van der Waals surface area contributed by atoms with Gasteiger partial charge >= 0.3 is 0 Å². The Morgan fingerprint density at radius 2 is 1.06 bits per heavy atom. The molecule has 0 bridgehead atoms. The average molecular weight is 214 g/mol. The maximum absolute atomic E-state index is 7.81. The quantitative estimate of drug-likeness (QED) is 0.639. The highest BCUT2D eigenvalue weighted by molar-refractivity contribution is 5.88. The van der Waals surface area contributed by atoms with Crippen molar-refractivity contribution in [1.29, 1.82) is 0 Å². The van der Waals surface area contributed by atoms with Gasteiger partial charge in [0.05, 0.1) is 0 Å².